The number of rotatable bonds is 2. The third-order valence-electron chi connectivity index (χ3n) is 3.26. The van der Waals surface area contributed by atoms with E-state index in [1.165, 1.54) is 29.4 Å². The molecular weight excluding hydrogens is 302 g/mol. The minimum atomic E-state index is -3.65. The lowest BCUT2D eigenvalue weighted by Gasteiger charge is -2.33. The number of piperazine rings is 1. The quantitative estimate of drug-likeness (QED) is 0.817. The number of halogens is 1. The van der Waals surface area contributed by atoms with E-state index in [2.05, 4.69) is 0 Å². The summed E-state index contributed by atoms with van der Waals surface area (Å²) < 4.78 is 26.3. The van der Waals surface area contributed by atoms with E-state index < -0.39 is 10.0 Å². The van der Waals surface area contributed by atoms with Crippen LogP contribution in [-0.2, 0) is 14.8 Å². The highest BCUT2D eigenvalue weighted by Gasteiger charge is 2.30. The van der Waals surface area contributed by atoms with Crippen LogP contribution in [0.3, 0.4) is 0 Å². The van der Waals surface area contributed by atoms with Gasteiger partial charge in [-0.15, -0.1) is 0 Å². The van der Waals surface area contributed by atoms with Crippen molar-refractivity contribution >= 4 is 33.2 Å². The Kier molecular flexibility index (Phi) is 4.22. The van der Waals surface area contributed by atoms with Gasteiger partial charge in [0.05, 0.1) is 5.02 Å². The molecule has 0 radical (unpaired) electrons. The number of hydrogen-bond donors (Lipinski definition) is 1. The second kappa shape index (κ2) is 5.59. The Labute approximate surface area is 123 Å². The maximum absolute atomic E-state index is 12.5. The summed E-state index contributed by atoms with van der Waals surface area (Å²) in [6.07, 6.45) is 0. The van der Waals surface area contributed by atoms with Gasteiger partial charge in [-0.3, -0.25) is 4.79 Å². The highest BCUT2D eigenvalue weighted by Crippen LogP contribution is 2.27. The second-order valence-corrected chi connectivity index (χ2v) is 6.91. The maximum Gasteiger partial charge on any atom is 0.244 e. The van der Waals surface area contributed by atoms with Crippen LogP contribution in [0.5, 0.6) is 0 Å². The number of carbonyl (C=O) groups excluding carboxylic acids is 1. The summed E-state index contributed by atoms with van der Waals surface area (Å²) in [5, 5.41) is 0.110. The van der Waals surface area contributed by atoms with Gasteiger partial charge in [0, 0.05) is 38.8 Å². The minimum absolute atomic E-state index is 0.0460. The third kappa shape index (κ3) is 2.89. The molecule has 20 heavy (non-hydrogen) atoms. The van der Waals surface area contributed by atoms with Gasteiger partial charge >= 0.3 is 0 Å². The van der Waals surface area contributed by atoms with Gasteiger partial charge < -0.3 is 10.6 Å². The van der Waals surface area contributed by atoms with Gasteiger partial charge in [-0.1, -0.05) is 11.6 Å². The lowest BCUT2D eigenvalue weighted by atomic mass is 10.3. The number of nitrogen functional groups attached to an aromatic ring is 1. The molecule has 1 fully saturated rings. The van der Waals surface area contributed by atoms with Crippen molar-refractivity contribution < 1.29 is 13.2 Å². The maximum atomic E-state index is 12.5. The van der Waals surface area contributed by atoms with Gasteiger partial charge in [-0.05, 0) is 18.2 Å². The van der Waals surface area contributed by atoms with Gasteiger partial charge in [-0.25, -0.2) is 8.42 Å². The van der Waals surface area contributed by atoms with Crippen LogP contribution in [0.15, 0.2) is 23.1 Å². The number of sulfonamides is 1. The van der Waals surface area contributed by atoms with Crippen LogP contribution < -0.4 is 5.73 Å². The largest absolute Gasteiger partial charge is 0.399 e. The van der Waals surface area contributed by atoms with Gasteiger partial charge in [0.2, 0.25) is 15.9 Å². The standard InChI is InChI=1S/C12H16ClN3O3S/c1-9(17)15-4-6-16(7-5-15)20(18,19)12-3-2-10(14)8-11(12)13/h2-3,8H,4-7,14H2,1H3. The van der Waals surface area contributed by atoms with E-state index in [-0.39, 0.29) is 28.9 Å². The Morgan fingerprint density at radius 1 is 1.25 bits per heavy atom. The average Bonchev–Trinajstić information content (AvgIpc) is 2.38. The summed E-state index contributed by atoms with van der Waals surface area (Å²) in [6.45, 7) is 2.79. The molecule has 110 valence electrons. The molecule has 0 aromatic heterocycles. The molecule has 1 aromatic carbocycles. The topological polar surface area (TPSA) is 83.7 Å². The van der Waals surface area contributed by atoms with Crippen LogP contribution in [0, 0.1) is 0 Å². The molecule has 0 atom stereocenters. The number of nitrogens with two attached hydrogens (primary N) is 1. The Morgan fingerprint density at radius 3 is 2.35 bits per heavy atom. The minimum Gasteiger partial charge on any atom is -0.399 e. The first-order valence-electron chi connectivity index (χ1n) is 6.13. The predicted molar refractivity (Wildman–Crippen MR) is 76.9 cm³/mol. The molecule has 1 amide bonds. The first kappa shape index (κ1) is 15.1. The van der Waals surface area contributed by atoms with Crippen molar-refractivity contribution in [2.45, 2.75) is 11.8 Å². The van der Waals surface area contributed by atoms with Crippen molar-refractivity contribution in [3.05, 3.63) is 23.2 Å². The monoisotopic (exact) mass is 317 g/mol. The molecule has 6 nitrogen and oxygen atoms in total. The fourth-order valence-electron chi connectivity index (χ4n) is 2.11. The predicted octanol–water partition coefficient (Wildman–Crippen LogP) is 0.775. The highest BCUT2D eigenvalue weighted by atomic mass is 35.5. The zero-order valence-corrected chi connectivity index (χ0v) is 12.6. The fraction of sp³-hybridized carbons (Fsp3) is 0.417. The summed E-state index contributed by atoms with van der Waals surface area (Å²) in [6, 6.07) is 4.33. The molecule has 1 saturated heterocycles. The molecule has 2 rings (SSSR count). The van der Waals surface area contributed by atoms with Crippen LogP contribution >= 0.6 is 11.6 Å². The van der Waals surface area contributed by atoms with Gasteiger partial charge in [0.15, 0.2) is 0 Å². The smallest absolute Gasteiger partial charge is 0.244 e. The molecule has 0 aliphatic carbocycles. The van der Waals surface area contributed by atoms with Crippen molar-refractivity contribution in [2.24, 2.45) is 0 Å². The van der Waals surface area contributed by atoms with E-state index in [9.17, 15) is 13.2 Å². The lowest BCUT2D eigenvalue weighted by Crippen LogP contribution is -2.49. The number of hydrogen-bond acceptors (Lipinski definition) is 4. The van der Waals surface area contributed by atoms with E-state index in [0.29, 0.717) is 18.8 Å². The first-order valence-corrected chi connectivity index (χ1v) is 7.95. The number of carbonyl (C=O) groups is 1. The van der Waals surface area contributed by atoms with Crippen molar-refractivity contribution in [2.75, 3.05) is 31.9 Å². The average molecular weight is 318 g/mol. The molecule has 1 aliphatic heterocycles. The molecule has 0 bridgehead atoms. The van der Waals surface area contributed by atoms with Crippen LogP contribution in [0.4, 0.5) is 5.69 Å². The summed E-state index contributed by atoms with van der Waals surface area (Å²) in [5.74, 6) is -0.0486. The van der Waals surface area contributed by atoms with Crippen LogP contribution in [0.2, 0.25) is 5.02 Å². The van der Waals surface area contributed by atoms with Crippen molar-refractivity contribution in [3.8, 4) is 0 Å². The molecule has 0 saturated carbocycles. The van der Waals surface area contributed by atoms with E-state index >= 15 is 0 Å². The second-order valence-electron chi connectivity index (χ2n) is 4.60. The van der Waals surface area contributed by atoms with Crippen molar-refractivity contribution in [1.82, 2.24) is 9.21 Å². The molecular formula is C12H16ClN3O3S. The Bertz CT molecular complexity index is 625. The summed E-state index contributed by atoms with van der Waals surface area (Å²) >= 11 is 5.96. The normalized spacial score (nSPS) is 17.2. The summed E-state index contributed by atoms with van der Waals surface area (Å²) in [5.41, 5.74) is 5.98. The van der Waals surface area contributed by atoms with E-state index in [4.69, 9.17) is 17.3 Å². The van der Waals surface area contributed by atoms with E-state index in [1.807, 2.05) is 0 Å². The zero-order chi connectivity index (χ0) is 14.9. The van der Waals surface area contributed by atoms with E-state index in [0.717, 1.165) is 0 Å². The Hall–Kier alpha value is -1.31. The Morgan fingerprint density at radius 2 is 1.85 bits per heavy atom. The zero-order valence-electron chi connectivity index (χ0n) is 11.0. The number of benzene rings is 1. The third-order valence-corrected chi connectivity index (χ3v) is 5.64. The molecule has 0 spiro atoms. The molecule has 2 N–H and O–H groups in total. The van der Waals surface area contributed by atoms with E-state index in [1.54, 1.807) is 4.90 Å². The molecule has 1 aromatic rings. The van der Waals surface area contributed by atoms with Gasteiger partial charge in [-0.2, -0.15) is 4.31 Å². The summed E-state index contributed by atoms with van der Waals surface area (Å²) in [4.78, 5) is 12.9. The number of nitrogens with zero attached hydrogens (tertiary/aromatic N) is 2. The SMILES string of the molecule is CC(=O)N1CCN(S(=O)(=O)c2ccc(N)cc2Cl)CC1. The molecule has 8 heteroatoms. The van der Waals surface area contributed by atoms with Crippen LogP contribution in [0.25, 0.3) is 0 Å². The lowest BCUT2D eigenvalue weighted by molar-refractivity contribution is -0.129. The fourth-order valence-corrected chi connectivity index (χ4v) is 4.06. The molecule has 0 unspecified atom stereocenters. The first-order chi connectivity index (χ1) is 9.32. The summed E-state index contributed by atoms with van der Waals surface area (Å²) in [7, 11) is -3.65. The van der Waals surface area contributed by atoms with Crippen molar-refractivity contribution in [1.29, 1.82) is 0 Å². The molecule has 1 heterocycles. The van der Waals surface area contributed by atoms with Gasteiger partial charge in [0.25, 0.3) is 0 Å². The molecule has 1 aliphatic rings. The van der Waals surface area contributed by atoms with Crippen molar-refractivity contribution in [3.63, 3.8) is 0 Å². The Balaban J connectivity index is 2.22. The van der Waals surface area contributed by atoms with Gasteiger partial charge in [0.1, 0.15) is 4.90 Å². The van der Waals surface area contributed by atoms with Crippen LogP contribution in [0.1, 0.15) is 6.92 Å². The van der Waals surface area contributed by atoms with Crippen LogP contribution in [-0.4, -0.2) is 49.7 Å². The number of amides is 1. The number of anilines is 1. The highest BCUT2D eigenvalue weighted by molar-refractivity contribution is 7.89.